The molecule has 2 aromatic rings. The van der Waals surface area contributed by atoms with Crippen molar-refractivity contribution in [2.24, 2.45) is 0 Å². The molecule has 0 heterocycles. The molecular weight excluding hydrogens is 286 g/mol. The first kappa shape index (κ1) is 14.9. The monoisotopic (exact) mass is 301 g/mol. The van der Waals surface area contributed by atoms with Crippen LogP contribution in [0.25, 0.3) is 0 Å². The molecule has 5 nitrogen and oxygen atoms in total. The maximum Gasteiger partial charge on any atom is 0.261 e. The number of anilines is 2. The quantitative estimate of drug-likeness (QED) is 0.804. The van der Waals surface area contributed by atoms with Crippen LogP contribution in [0.1, 0.15) is 6.42 Å². The smallest absolute Gasteiger partial charge is 0.261 e. The number of hydrogen-bond donors (Lipinski definition) is 2. The van der Waals surface area contributed by atoms with E-state index in [0.717, 1.165) is 5.69 Å². The van der Waals surface area contributed by atoms with Crippen LogP contribution < -0.4 is 10.0 Å². The number of rotatable bonds is 6. The van der Waals surface area contributed by atoms with E-state index < -0.39 is 10.0 Å². The molecule has 0 amide bonds. The zero-order valence-corrected chi connectivity index (χ0v) is 12.1. The van der Waals surface area contributed by atoms with Gasteiger partial charge in [-0.3, -0.25) is 4.72 Å². The molecule has 2 aromatic carbocycles. The van der Waals surface area contributed by atoms with Crippen LogP contribution in [0.4, 0.5) is 11.4 Å². The van der Waals surface area contributed by atoms with Gasteiger partial charge in [-0.15, -0.1) is 0 Å². The van der Waals surface area contributed by atoms with Gasteiger partial charge in [-0.1, -0.05) is 24.3 Å². The number of benzene rings is 2. The molecular formula is C15H15N3O2S. The van der Waals surface area contributed by atoms with Crippen LogP contribution in [-0.4, -0.2) is 15.0 Å². The van der Waals surface area contributed by atoms with E-state index in [2.05, 4.69) is 10.0 Å². The highest BCUT2D eigenvalue weighted by atomic mass is 32.2. The maximum absolute atomic E-state index is 12.2. The molecule has 0 atom stereocenters. The van der Waals surface area contributed by atoms with Gasteiger partial charge in [0.2, 0.25) is 0 Å². The average Bonchev–Trinajstić information content (AvgIpc) is 2.48. The van der Waals surface area contributed by atoms with E-state index in [-0.39, 0.29) is 4.90 Å². The summed E-state index contributed by atoms with van der Waals surface area (Å²) in [6.45, 7) is 0.519. The van der Waals surface area contributed by atoms with Crippen molar-refractivity contribution in [2.45, 2.75) is 11.3 Å². The third-order valence-corrected chi connectivity index (χ3v) is 4.13. The van der Waals surface area contributed by atoms with Crippen molar-refractivity contribution in [1.82, 2.24) is 0 Å². The summed E-state index contributed by atoms with van der Waals surface area (Å²) in [7, 11) is -3.59. The van der Waals surface area contributed by atoms with Crippen molar-refractivity contribution in [1.29, 1.82) is 5.26 Å². The molecule has 0 bridgehead atoms. The number of hydrogen-bond acceptors (Lipinski definition) is 4. The second-order valence-electron chi connectivity index (χ2n) is 4.33. The Kier molecular flexibility index (Phi) is 4.80. The van der Waals surface area contributed by atoms with E-state index in [1.807, 2.05) is 12.1 Å². The van der Waals surface area contributed by atoms with Crippen molar-refractivity contribution in [2.75, 3.05) is 16.6 Å². The lowest BCUT2D eigenvalue weighted by molar-refractivity contribution is 0.601. The third-order valence-electron chi connectivity index (χ3n) is 2.73. The highest BCUT2D eigenvalue weighted by Gasteiger charge is 2.13. The van der Waals surface area contributed by atoms with Crippen molar-refractivity contribution in [3.8, 4) is 6.07 Å². The molecule has 0 aromatic heterocycles. The second-order valence-corrected chi connectivity index (χ2v) is 6.02. The minimum Gasteiger partial charge on any atom is -0.384 e. The SMILES string of the molecule is N#CCCNc1cccc(NS(=O)(=O)c2ccccc2)c1. The maximum atomic E-state index is 12.2. The fourth-order valence-electron chi connectivity index (χ4n) is 1.77. The van der Waals surface area contributed by atoms with Gasteiger partial charge in [0, 0.05) is 12.2 Å². The zero-order valence-electron chi connectivity index (χ0n) is 11.3. The summed E-state index contributed by atoms with van der Waals surface area (Å²) in [4.78, 5) is 0.216. The van der Waals surface area contributed by atoms with Gasteiger partial charge in [-0.2, -0.15) is 5.26 Å². The normalized spacial score (nSPS) is 10.6. The minimum absolute atomic E-state index is 0.216. The Balaban J connectivity index is 2.13. The summed E-state index contributed by atoms with van der Waals surface area (Å²) in [5.74, 6) is 0. The van der Waals surface area contributed by atoms with Crippen LogP contribution in [0.3, 0.4) is 0 Å². The van der Waals surface area contributed by atoms with Gasteiger partial charge in [-0.05, 0) is 30.3 Å². The van der Waals surface area contributed by atoms with Crippen molar-refractivity contribution in [3.63, 3.8) is 0 Å². The first-order chi connectivity index (χ1) is 10.1. The lowest BCUT2D eigenvalue weighted by atomic mass is 10.3. The summed E-state index contributed by atoms with van der Waals surface area (Å²) in [5, 5.41) is 11.6. The lowest BCUT2D eigenvalue weighted by Crippen LogP contribution is -2.13. The Morgan fingerprint density at radius 3 is 2.43 bits per heavy atom. The molecule has 0 radical (unpaired) electrons. The van der Waals surface area contributed by atoms with E-state index >= 15 is 0 Å². The molecule has 21 heavy (non-hydrogen) atoms. The highest BCUT2D eigenvalue weighted by Crippen LogP contribution is 2.19. The predicted molar refractivity (Wildman–Crippen MR) is 82.4 cm³/mol. The largest absolute Gasteiger partial charge is 0.384 e. The van der Waals surface area contributed by atoms with Crippen LogP contribution in [0, 0.1) is 11.3 Å². The molecule has 0 fully saturated rings. The summed E-state index contributed by atoms with van der Waals surface area (Å²) >= 11 is 0. The molecule has 0 aliphatic heterocycles. The molecule has 0 unspecified atom stereocenters. The van der Waals surface area contributed by atoms with Crippen molar-refractivity contribution >= 4 is 21.4 Å². The van der Waals surface area contributed by atoms with Crippen LogP contribution in [0.2, 0.25) is 0 Å². The van der Waals surface area contributed by atoms with Gasteiger partial charge < -0.3 is 5.32 Å². The molecule has 6 heteroatoms. The summed E-state index contributed by atoms with van der Waals surface area (Å²) in [5.41, 5.74) is 1.24. The molecule has 0 saturated heterocycles. The minimum atomic E-state index is -3.59. The second kappa shape index (κ2) is 6.77. The summed E-state index contributed by atoms with van der Waals surface area (Å²) < 4.78 is 26.9. The Morgan fingerprint density at radius 1 is 1.00 bits per heavy atom. The molecule has 0 aliphatic carbocycles. The first-order valence-corrected chi connectivity index (χ1v) is 7.89. The summed E-state index contributed by atoms with van der Waals surface area (Å²) in [6.07, 6.45) is 0.389. The molecule has 0 aliphatic rings. The summed E-state index contributed by atoms with van der Waals surface area (Å²) in [6, 6.07) is 17.2. The zero-order chi connectivity index (χ0) is 15.1. The first-order valence-electron chi connectivity index (χ1n) is 6.40. The van der Waals surface area contributed by atoms with E-state index in [4.69, 9.17) is 5.26 Å². The van der Waals surface area contributed by atoms with Crippen molar-refractivity contribution < 1.29 is 8.42 Å². The van der Waals surface area contributed by atoms with Gasteiger partial charge in [0.15, 0.2) is 0 Å². The van der Waals surface area contributed by atoms with Crippen LogP contribution in [0.15, 0.2) is 59.5 Å². The highest BCUT2D eigenvalue weighted by molar-refractivity contribution is 7.92. The van der Waals surface area contributed by atoms with Crippen LogP contribution >= 0.6 is 0 Å². The number of nitrogens with one attached hydrogen (secondary N) is 2. The van der Waals surface area contributed by atoms with E-state index in [0.29, 0.717) is 18.7 Å². The predicted octanol–water partition coefficient (Wildman–Crippen LogP) is 2.81. The number of sulfonamides is 1. The van der Waals surface area contributed by atoms with Crippen LogP contribution in [-0.2, 0) is 10.0 Å². The molecule has 2 N–H and O–H groups in total. The number of nitrogens with zero attached hydrogens (tertiary/aromatic N) is 1. The van der Waals surface area contributed by atoms with Gasteiger partial charge in [0.05, 0.1) is 23.1 Å². The Labute approximate surface area is 124 Å². The average molecular weight is 301 g/mol. The third kappa shape index (κ3) is 4.23. The van der Waals surface area contributed by atoms with Gasteiger partial charge in [-0.25, -0.2) is 8.42 Å². The van der Waals surface area contributed by atoms with Gasteiger partial charge in [0.1, 0.15) is 0 Å². The lowest BCUT2D eigenvalue weighted by Gasteiger charge is -2.10. The fraction of sp³-hybridized carbons (Fsp3) is 0.133. The standard InChI is InChI=1S/C15H15N3O2S/c16-10-5-11-17-13-6-4-7-14(12-13)18-21(19,20)15-8-2-1-3-9-15/h1-4,6-9,12,17-18H,5,11H2. The Hall–Kier alpha value is -2.52. The molecule has 2 rings (SSSR count). The van der Waals surface area contributed by atoms with E-state index in [9.17, 15) is 8.42 Å². The molecule has 0 spiro atoms. The fourth-order valence-corrected chi connectivity index (χ4v) is 2.84. The van der Waals surface area contributed by atoms with E-state index in [1.165, 1.54) is 12.1 Å². The number of nitriles is 1. The van der Waals surface area contributed by atoms with Crippen molar-refractivity contribution in [3.05, 3.63) is 54.6 Å². The Bertz CT molecular complexity index is 737. The molecule has 108 valence electrons. The van der Waals surface area contributed by atoms with Gasteiger partial charge >= 0.3 is 0 Å². The molecule has 0 saturated carbocycles. The van der Waals surface area contributed by atoms with E-state index in [1.54, 1.807) is 36.4 Å². The Morgan fingerprint density at radius 2 is 1.71 bits per heavy atom. The topological polar surface area (TPSA) is 82.0 Å². The van der Waals surface area contributed by atoms with Gasteiger partial charge in [0.25, 0.3) is 10.0 Å². The van der Waals surface area contributed by atoms with Crippen LogP contribution in [0.5, 0.6) is 0 Å².